The van der Waals surface area contributed by atoms with Crippen molar-refractivity contribution in [3.63, 3.8) is 0 Å². The summed E-state index contributed by atoms with van der Waals surface area (Å²) in [6.45, 7) is 4.06. The molecule has 1 aliphatic carbocycles. The molecule has 1 saturated heterocycles. The molecule has 1 N–H and O–H groups in total. The lowest BCUT2D eigenvalue weighted by atomic mass is 10.1. The van der Waals surface area contributed by atoms with Crippen LogP contribution in [0.25, 0.3) is 0 Å². The minimum atomic E-state index is -0.0388. The summed E-state index contributed by atoms with van der Waals surface area (Å²) in [5.74, 6) is 0.237. The number of hydrogen-bond acceptors (Lipinski definition) is 3. The number of hydrogen-bond donors (Lipinski definition) is 1. The molecule has 0 aromatic rings. The fraction of sp³-hybridized carbons (Fsp3) is 0.917. The largest absolute Gasteiger partial charge is 0.379 e. The molecule has 1 amide bonds. The van der Waals surface area contributed by atoms with E-state index in [0.717, 1.165) is 25.7 Å². The fourth-order valence-electron chi connectivity index (χ4n) is 3.03. The molecule has 1 saturated carbocycles. The van der Waals surface area contributed by atoms with Gasteiger partial charge in [-0.2, -0.15) is 0 Å². The van der Waals surface area contributed by atoms with Crippen molar-refractivity contribution < 1.29 is 9.53 Å². The highest BCUT2D eigenvalue weighted by Gasteiger charge is 2.43. The number of nitrogens with one attached hydrogen (secondary N) is 1. The van der Waals surface area contributed by atoms with E-state index in [9.17, 15) is 4.79 Å². The van der Waals surface area contributed by atoms with Gasteiger partial charge in [-0.05, 0) is 32.6 Å². The molecule has 4 atom stereocenters. The first-order valence-electron chi connectivity index (χ1n) is 6.30. The van der Waals surface area contributed by atoms with Crippen molar-refractivity contribution in [2.75, 3.05) is 7.11 Å². The Bertz CT molecular complexity index is 270. The molecule has 2 aliphatic rings. The molecular weight excluding hydrogens is 204 g/mol. The lowest BCUT2D eigenvalue weighted by molar-refractivity contribution is -0.134. The zero-order valence-corrected chi connectivity index (χ0v) is 10.4. The quantitative estimate of drug-likeness (QED) is 0.784. The number of ether oxygens (including phenoxy) is 1. The van der Waals surface area contributed by atoms with Gasteiger partial charge in [0.05, 0.1) is 24.4 Å². The van der Waals surface area contributed by atoms with Gasteiger partial charge in [0.25, 0.3) is 0 Å². The highest BCUT2D eigenvalue weighted by molar-refractivity contribution is 5.84. The number of carbonyl (C=O) groups is 1. The Morgan fingerprint density at radius 1 is 1.50 bits per heavy atom. The van der Waals surface area contributed by atoms with Crippen LogP contribution >= 0.6 is 0 Å². The fourth-order valence-corrected chi connectivity index (χ4v) is 3.03. The van der Waals surface area contributed by atoms with Crippen LogP contribution in [0.4, 0.5) is 0 Å². The summed E-state index contributed by atoms with van der Waals surface area (Å²) >= 11 is 0. The first-order valence-corrected chi connectivity index (χ1v) is 6.30. The van der Waals surface area contributed by atoms with Gasteiger partial charge in [0.1, 0.15) is 0 Å². The summed E-state index contributed by atoms with van der Waals surface area (Å²) in [4.78, 5) is 14.2. The van der Waals surface area contributed by atoms with Crippen molar-refractivity contribution in [3.05, 3.63) is 0 Å². The number of carbonyl (C=O) groups excluding carboxylic acids is 1. The zero-order chi connectivity index (χ0) is 11.7. The Morgan fingerprint density at radius 3 is 2.88 bits per heavy atom. The molecule has 0 bridgehead atoms. The number of amides is 1. The van der Waals surface area contributed by atoms with E-state index < -0.39 is 0 Å². The van der Waals surface area contributed by atoms with Gasteiger partial charge in [-0.15, -0.1) is 0 Å². The van der Waals surface area contributed by atoms with Gasteiger partial charge in [-0.25, -0.2) is 0 Å². The molecule has 0 spiro atoms. The van der Waals surface area contributed by atoms with Crippen molar-refractivity contribution in [1.82, 2.24) is 10.2 Å². The Morgan fingerprint density at radius 2 is 2.25 bits per heavy atom. The smallest absolute Gasteiger partial charge is 0.241 e. The Balaban J connectivity index is 2.14. The van der Waals surface area contributed by atoms with Gasteiger partial charge in [0.15, 0.2) is 0 Å². The normalized spacial score (nSPS) is 39.7. The summed E-state index contributed by atoms with van der Waals surface area (Å²) in [6, 6.07) is 0.239. The van der Waals surface area contributed by atoms with Crippen molar-refractivity contribution in [2.45, 2.75) is 63.9 Å². The first-order chi connectivity index (χ1) is 7.69. The average Bonchev–Trinajstić information content (AvgIpc) is 2.84. The van der Waals surface area contributed by atoms with Crippen LogP contribution in [0, 0.1) is 0 Å². The third kappa shape index (κ3) is 1.84. The van der Waals surface area contributed by atoms with Crippen LogP contribution in [0.2, 0.25) is 0 Å². The molecule has 0 radical (unpaired) electrons. The SMILES string of the molecule is CCC1NC(C)C(=O)N1C1CCCC1OC. The molecule has 16 heavy (non-hydrogen) atoms. The standard InChI is InChI=1S/C12H22N2O2/c1-4-11-13-8(2)12(15)14(11)9-6-5-7-10(9)16-3/h8-11,13H,4-7H2,1-3H3. The van der Waals surface area contributed by atoms with Gasteiger partial charge in [-0.1, -0.05) is 6.92 Å². The van der Waals surface area contributed by atoms with Crippen molar-refractivity contribution in [1.29, 1.82) is 0 Å². The van der Waals surface area contributed by atoms with E-state index in [1.807, 2.05) is 11.8 Å². The molecule has 2 rings (SSSR count). The molecule has 4 heteroatoms. The topological polar surface area (TPSA) is 41.6 Å². The maximum absolute atomic E-state index is 12.1. The molecule has 1 heterocycles. The van der Waals surface area contributed by atoms with Gasteiger partial charge in [-0.3, -0.25) is 10.1 Å². The van der Waals surface area contributed by atoms with Crippen molar-refractivity contribution >= 4 is 5.91 Å². The van der Waals surface area contributed by atoms with Crippen LogP contribution < -0.4 is 5.32 Å². The van der Waals surface area contributed by atoms with E-state index in [1.165, 1.54) is 0 Å². The molecule has 2 fully saturated rings. The summed E-state index contributed by atoms with van der Waals surface area (Å²) in [7, 11) is 1.75. The summed E-state index contributed by atoms with van der Waals surface area (Å²) in [6.07, 6.45) is 4.71. The monoisotopic (exact) mass is 226 g/mol. The summed E-state index contributed by atoms with van der Waals surface area (Å²) < 4.78 is 5.49. The Kier molecular flexibility index (Phi) is 3.50. The van der Waals surface area contributed by atoms with Crippen LogP contribution in [0.3, 0.4) is 0 Å². The summed E-state index contributed by atoms with van der Waals surface area (Å²) in [5.41, 5.74) is 0. The number of nitrogens with zero attached hydrogens (tertiary/aromatic N) is 1. The first kappa shape index (κ1) is 11.9. The predicted octanol–water partition coefficient (Wildman–Crippen LogP) is 1.11. The number of rotatable bonds is 3. The molecule has 4 nitrogen and oxygen atoms in total. The average molecular weight is 226 g/mol. The third-order valence-electron chi connectivity index (χ3n) is 3.87. The van der Waals surface area contributed by atoms with Crippen LogP contribution in [0.15, 0.2) is 0 Å². The molecule has 0 aromatic carbocycles. The minimum absolute atomic E-state index is 0.0388. The van der Waals surface area contributed by atoms with Crippen LogP contribution in [-0.4, -0.2) is 42.3 Å². The van der Waals surface area contributed by atoms with Gasteiger partial charge in [0.2, 0.25) is 5.91 Å². The van der Waals surface area contributed by atoms with Crippen molar-refractivity contribution in [3.8, 4) is 0 Å². The summed E-state index contributed by atoms with van der Waals surface area (Å²) in [5, 5.41) is 3.35. The highest BCUT2D eigenvalue weighted by atomic mass is 16.5. The highest BCUT2D eigenvalue weighted by Crippen LogP contribution is 2.30. The molecule has 0 aromatic heterocycles. The van der Waals surface area contributed by atoms with Crippen LogP contribution in [-0.2, 0) is 9.53 Å². The van der Waals surface area contributed by atoms with E-state index in [1.54, 1.807) is 7.11 Å². The molecule has 92 valence electrons. The number of methoxy groups -OCH3 is 1. The second-order valence-corrected chi connectivity index (χ2v) is 4.83. The zero-order valence-electron chi connectivity index (χ0n) is 10.4. The lowest BCUT2D eigenvalue weighted by Gasteiger charge is -2.33. The van der Waals surface area contributed by atoms with Gasteiger partial charge in [0, 0.05) is 7.11 Å². The minimum Gasteiger partial charge on any atom is -0.379 e. The molecular formula is C12H22N2O2. The van der Waals surface area contributed by atoms with E-state index in [4.69, 9.17) is 4.74 Å². The maximum Gasteiger partial charge on any atom is 0.241 e. The maximum atomic E-state index is 12.1. The van der Waals surface area contributed by atoms with Gasteiger partial charge >= 0.3 is 0 Å². The lowest BCUT2D eigenvalue weighted by Crippen LogP contribution is -2.48. The van der Waals surface area contributed by atoms with E-state index in [2.05, 4.69) is 12.2 Å². The Hall–Kier alpha value is -0.610. The van der Waals surface area contributed by atoms with E-state index in [0.29, 0.717) is 0 Å². The van der Waals surface area contributed by atoms with Gasteiger partial charge < -0.3 is 9.64 Å². The second kappa shape index (κ2) is 4.72. The van der Waals surface area contributed by atoms with E-state index >= 15 is 0 Å². The Labute approximate surface area is 97.3 Å². The second-order valence-electron chi connectivity index (χ2n) is 4.83. The van der Waals surface area contributed by atoms with Crippen molar-refractivity contribution in [2.24, 2.45) is 0 Å². The van der Waals surface area contributed by atoms with E-state index in [-0.39, 0.29) is 30.3 Å². The van der Waals surface area contributed by atoms with Crippen LogP contribution in [0.1, 0.15) is 39.5 Å². The molecule has 1 aliphatic heterocycles. The predicted molar refractivity (Wildman–Crippen MR) is 62.0 cm³/mol. The molecule has 4 unspecified atom stereocenters. The third-order valence-corrected chi connectivity index (χ3v) is 3.87. The van der Waals surface area contributed by atoms with Crippen LogP contribution in [0.5, 0.6) is 0 Å².